The van der Waals surface area contributed by atoms with Crippen LogP contribution in [0.5, 0.6) is 0 Å². The normalized spacial score (nSPS) is 18.9. The van der Waals surface area contributed by atoms with Crippen LogP contribution in [0.1, 0.15) is 32.3 Å². The first-order chi connectivity index (χ1) is 6.97. The molecule has 2 heteroatoms. The highest BCUT2D eigenvalue weighted by molar-refractivity contribution is 9.10. The molecule has 0 aromatic heterocycles. The third-order valence-corrected chi connectivity index (χ3v) is 3.64. The van der Waals surface area contributed by atoms with E-state index >= 15 is 0 Å². The van der Waals surface area contributed by atoms with E-state index in [-0.39, 0.29) is 0 Å². The smallest absolute Gasteiger partial charge is 0.0178 e. The maximum Gasteiger partial charge on any atom is 0.0178 e. The highest BCUT2D eigenvalue weighted by Gasteiger charge is 2.34. The molecular formula is C13H18BrN. The summed E-state index contributed by atoms with van der Waals surface area (Å²) in [4.78, 5) is 2.53. The molecule has 1 heterocycles. The summed E-state index contributed by atoms with van der Waals surface area (Å²) in [6.07, 6.45) is 0. The van der Waals surface area contributed by atoms with Crippen molar-refractivity contribution in [2.45, 2.75) is 32.2 Å². The Morgan fingerprint density at radius 3 is 2.47 bits per heavy atom. The molecule has 1 aliphatic rings. The van der Waals surface area contributed by atoms with E-state index in [9.17, 15) is 0 Å². The second-order valence-corrected chi connectivity index (χ2v) is 6.24. The summed E-state index contributed by atoms with van der Waals surface area (Å²) in [5.41, 5.74) is 1.78. The monoisotopic (exact) mass is 267 g/mol. The fraction of sp³-hybridized carbons (Fsp3) is 0.538. The quantitative estimate of drug-likeness (QED) is 0.751. The van der Waals surface area contributed by atoms with Gasteiger partial charge in [0.05, 0.1) is 0 Å². The number of hydrogen-bond acceptors (Lipinski definition) is 1. The lowest BCUT2D eigenvalue weighted by Crippen LogP contribution is -2.54. The molecule has 1 fully saturated rings. The van der Waals surface area contributed by atoms with Crippen molar-refractivity contribution in [3.63, 3.8) is 0 Å². The van der Waals surface area contributed by atoms with Crippen molar-refractivity contribution in [3.8, 4) is 0 Å². The van der Waals surface area contributed by atoms with E-state index in [1.165, 1.54) is 23.1 Å². The molecule has 1 aromatic carbocycles. The minimum absolute atomic E-state index is 0.322. The molecule has 1 aromatic rings. The number of hydrogen-bond donors (Lipinski definition) is 0. The third kappa shape index (κ3) is 2.43. The number of halogens is 1. The Balaban J connectivity index is 2.00. The molecule has 1 saturated heterocycles. The van der Waals surface area contributed by atoms with Gasteiger partial charge in [-0.25, -0.2) is 0 Å². The predicted molar refractivity (Wildman–Crippen MR) is 68.2 cm³/mol. The average Bonchev–Trinajstić information content (AvgIpc) is 1.97. The maximum atomic E-state index is 3.52. The van der Waals surface area contributed by atoms with E-state index < -0.39 is 0 Å². The van der Waals surface area contributed by atoms with Gasteiger partial charge >= 0.3 is 0 Å². The van der Waals surface area contributed by atoms with E-state index in [2.05, 4.69) is 65.9 Å². The summed E-state index contributed by atoms with van der Waals surface area (Å²) < 4.78 is 1.19. The van der Waals surface area contributed by atoms with Crippen molar-refractivity contribution in [1.29, 1.82) is 0 Å². The standard InChI is InChI=1S/C13H18BrN/c1-13(2,3)15-8-11(9-15)10-5-4-6-12(14)7-10/h4-7,11H,8-9H2,1-3H3. The van der Waals surface area contributed by atoms with Crippen molar-refractivity contribution in [2.75, 3.05) is 13.1 Å². The van der Waals surface area contributed by atoms with Gasteiger partial charge in [0.1, 0.15) is 0 Å². The number of likely N-dealkylation sites (tertiary alicyclic amines) is 1. The van der Waals surface area contributed by atoms with Crippen LogP contribution in [0.2, 0.25) is 0 Å². The molecule has 0 aliphatic carbocycles. The Labute approximate surface area is 101 Å². The lowest BCUT2D eigenvalue weighted by Gasteiger charge is -2.48. The van der Waals surface area contributed by atoms with Crippen molar-refractivity contribution in [1.82, 2.24) is 4.90 Å². The number of nitrogens with zero attached hydrogens (tertiary/aromatic N) is 1. The van der Waals surface area contributed by atoms with Crippen LogP contribution in [-0.4, -0.2) is 23.5 Å². The molecule has 0 N–H and O–H groups in total. The van der Waals surface area contributed by atoms with Crippen LogP contribution in [0.3, 0.4) is 0 Å². The lowest BCUT2D eigenvalue weighted by atomic mass is 9.87. The molecule has 15 heavy (non-hydrogen) atoms. The van der Waals surface area contributed by atoms with Gasteiger partial charge < -0.3 is 0 Å². The van der Waals surface area contributed by atoms with E-state index in [1.54, 1.807) is 0 Å². The molecule has 0 unspecified atom stereocenters. The van der Waals surface area contributed by atoms with Crippen LogP contribution in [-0.2, 0) is 0 Å². The summed E-state index contributed by atoms with van der Waals surface area (Å²) in [5.74, 6) is 0.724. The first-order valence-electron chi connectivity index (χ1n) is 5.47. The van der Waals surface area contributed by atoms with Crippen molar-refractivity contribution >= 4 is 15.9 Å². The van der Waals surface area contributed by atoms with Crippen molar-refractivity contribution in [2.24, 2.45) is 0 Å². The van der Waals surface area contributed by atoms with Crippen LogP contribution in [0, 0.1) is 0 Å². The zero-order valence-corrected chi connectivity index (χ0v) is 11.2. The molecule has 1 nitrogen and oxygen atoms in total. The molecule has 0 radical (unpaired) electrons. The second kappa shape index (κ2) is 3.91. The van der Waals surface area contributed by atoms with Gasteiger partial charge in [0.25, 0.3) is 0 Å². The molecule has 0 amide bonds. The predicted octanol–water partition coefficient (Wildman–Crippen LogP) is 3.65. The average molecular weight is 268 g/mol. The minimum atomic E-state index is 0.322. The Morgan fingerprint density at radius 2 is 1.93 bits per heavy atom. The molecule has 0 saturated carbocycles. The summed E-state index contributed by atoms with van der Waals surface area (Å²) in [5, 5.41) is 0. The van der Waals surface area contributed by atoms with Crippen LogP contribution in [0.15, 0.2) is 28.7 Å². The zero-order valence-electron chi connectivity index (χ0n) is 9.63. The summed E-state index contributed by atoms with van der Waals surface area (Å²) in [6.45, 7) is 9.23. The van der Waals surface area contributed by atoms with E-state index in [0.29, 0.717) is 5.54 Å². The van der Waals surface area contributed by atoms with Crippen LogP contribution in [0.25, 0.3) is 0 Å². The Hall–Kier alpha value is -0.340. The first kappa shape index (κ1) is 11.2. The fourth-order valence-electron chi connectivity index (χ4n) is 2.00. The molecule has 0 bridgehead atoms. The first-order valence-corrected chi connectivity index (χ1v) is 6.26. The van der Waals surface area contributed by atoms with Crippen molar-refractivity contribution in [3.05, 3.63) is 34.3 Å². The molecule has 2 rings (SSSR count). The van der Waals surface area contributed by atoms with Gasteiger partial charge in [-0.2, -0.15) is 0 Å². The molecule has 0 spiro atoms. The molecular weight excluding hydrogens is 250 g/mol. The lowest BCUT2D eigenvalue weighted by molar-refractivity contribution is 0.0470. The fourth-order valence-corrected chi connectivity index (χ4v) is 2.41. The van der Waals surface area contributed by atoms with Crippen LogP contribution < -0.4 is 0 Å². The van der Waals surface area contributed by atoms with Gasteiger partial charge in [0, 0.05) is 29.0 Å². The van der Waals surface area contributed by atoms with Crippen LogP contribution in [0.4, 0.5) is 0 Å². The van der Waals surface area contributed by atoms with E-state index in [4.69, 9.17) is 0 Å². The van der Waals surface area contributed by atoms with Gasteiger partial charge in [-0.1, -0.05) is 28.1 Å². The number of rotatable bonds is 1. The highest BCUT2D eigenvalue weighted by atomic mass is 79.9. The third-order valence-electron chi connectivity index (χ3n) is 3.15. The van der Waals surface area contributed by atoms with Gasteiger partial charge in [-0.3, -0.25) is 4.90 Å². The zero-order chi connectivity index (χ0) is 11.1. The van der Waals surface area contributed by atoms with Gasteiger partial charge in [-0.15, -0.1) is 0 Å². The summed E-state index contributed by atoms with van der Waals surface area (Å²) in [7, 11) is 0. The van der Waals surface area contributed by atoms with Crippen molar-refractivity contribution < 1.29 is 0 Å². The Morgan fingerprint density at radius 1 is 1.27 bits per heavy atom. The SMILES string of the molecule is CC(C)(C)N1CC(c2cccc(Br)c2)C1. The second-order valence-electron chi connectivity index (χ2n) is 5.33. The molecule has 82 valence electrons. The van der Waals surface area contributed by atoms with Gasteiger partial charge in [0.2, 0.25) is 0 Å². The van der Waals surface area contributed by atoms with Crippen LogP contribution >= 0.6 is 15.9 Å². The topological polar surface area (TPSA) is 3.24 Å². The van der Waals surface area contributed by atoms with Gasteiger partial charge in [0.15, 0.2) is 0 Å². The number of benzene rings is 1. The summed E-state index contributed by atoms with van der Waals surface area (Å²) in [6, 6.07) is 8.68. The minimum Gasteiger partial charge on any atom is -0.297 e. The molecule has 0 atom stereocenters. The Bertz CT molecular complexity index is 348. The maximum absolute atomic E-state index is 3.52. The van der Waals surface area contributed by atoms with Gasteiger partial charge in [-0.05, 0) is 38.5 Å². The summed E-state index contributed by atoms with van der Waals surface area (Å²) >= 11 is 3.52. The highest BCUT2D eigenvalue weighted by Crippen LogP contribution is 2.33. The van der Waals surface area contributed by atoms with E-state index in [0.717, 1.165) is 5.92 Å². The molecule has 1 aliphatic heterocycles. The Kier molecular flexibility index (Phi) is 2.91. The van der Waals surface area contributed by atoms with E-state index in [1.807, 2.05) is 0 Å². The largest absolute Gasteiger partial charge is 0.297 e.